The molecule has 3 atom stereocenters. The van der Waals surface area contributed by atoms with E-state index < -0.39 is 0 Å². The average Bonchev–Trinajstić information content (AvgIpc) is 2.44. The molecule has 0 aromatic heterocycles. The molecule has 3 heteroatoms. The van der Waals surface area contributed by atoms with Crippen molar-refractivity contribution in [3.05, 3.63) is 29.8 Å². The van der Waals surface area contributed by atoms with Gasteiger partial charge in [0.05, 0.1) is 6.61 Å². The van der Waals surface area contributed by atoms with Gasteiger partial charge in [-0.05, 0) is 44.9 Å². The second-order valence-corrected chi connectivity index (χ2v) is 6.02. The Morgan fingerprint density at radius 2 is 1.80 bits per heavy atom. The zero-order valence-electron chi connectivity index (χ0n) is 13.2. The second kappa shape index (κ2) is 7.09. The van der Waals surface area contributed by atoms with Gasteiger partial charge in [0.2, 0.25) is 0 Å². The van der Waals surface area contributed by atoms with Gasteiger partial charge < -0.3 is 10.1 Å². The maximum Gasteiger partial charge on any atom is 0.119 e. The standard InChI is InChI=1S/C17H28N2O/c1-5-10-20-17-8-6-16(7-9-17)15(4)19-11-13(2)18-14(3)12-19/h6-9,13-15,18H,5,10-12H2,1-4H3. The van der Waals surface area contributed by atoms with Gasteiger partial charge in [0, 0.05) is 31.2 Å². The average molecular weight is 276 g/mol. The molecule has 0 spiro atoms. The minimum Gasteiger partial charge on any atom is -0.494 e. The highest BCUT2D eigenvalue weighted by Crippen LogP contribution is 2.24. The highest BCUT2D eigenvalue weighted by molar-refractivity contribution is 5.29. The van der Waals surface area contributed by atoms with Crippen LogP contribution in [-0.4, -0.2) is 36.7 Å². The van der Waals surface area contributed by atoms with Crippen molar-refractivity contribution in [1.29, 1.82) is 0 Å². The summed E-state index contributed by atoms with van der Waals surface area (Å²) in [5.74, 6) is 0.977. The van der Waals surface area contributed by atoms with E-state index in [1.54, 1.807) is 0 Å². The Hall–Kier alpha value is -1.06. The van der Waals surface area contributed by atoms with E-state index in [0.717, 1.165) is 31.9 Å². The van der Waals surface area contributed by atoms with Crippen molar-refractivity contribution >= 4 is 0 Å². The van der Waals surface area contributed by atoms with Gasteiger partial charge >= 0.3 is 0 Å². The zero-order chi connectivity index (χ0) is 14.5. The van der Waals surface area contributed by atoms with Crippen LogP contribution in [0.2, 0.25) is 0 Å². The first-order valence-corrected chi connectivity index (χ1v) is 7.83. The van der Waals surface area contributed by atoms with Crippen LogP contribution in [-0.2, 0) is 0 Å². The summed E-state index contributed by atoms with van der Waals surface area (Å²) in [7, 11) is 0. The maximum atomic E-state index is 5.65. The predicted octanol–water partition coefficient (Wildman–Crippen LogP) is 3.22. The van der Waals surface area contributed by atoms with Crippen LogP contribution in [0.1, 0.15) is 45.7 Å². The third kappa shape index (κ3) is 3.97. The van der Waals surface area contributed by atoms with E-state index in [2.05, 4.69) is 62.2 Å². The Labute approximate surface area is 123 Å². The highest BCUT2D eigenvalue weighted by atomic mass is 16.5. The molecule has 1 saturated heterocycles. The fourth-order valence-corrected chi connectivity index (χ4v) is 2.96. The highest BCUT2D eigenvalue weighted by Gasteiger charge is 2.25. The summed E-state index contributed by atoms with van der Waals surface area (Å²) < 4.78 is 5.65. The number of nitrogens with zero attached hydrogens (tertiary/aromatic N) is 1. The van der Waals surface area contributed by atoms with Crippen molar-refractivity contribution in [2.45, 2.75) is 52.2 Å². The lowest BCUT2D eigenvalue weighted by Gasteiger charge is -2.39. The Kier molecular flexibility index (Phi) is 5.44. The third-order valence-electron chi connectivity index (χ3n) is 3.97. The normalized spacial score (nSPS) is 25.4. The molecular weight excluding hydrogens is 248 g/mol. The lowest BCUT2D eigenvalue weighted by molar-refractivity contribution is 0.131. The number of benzene rings is 1. The van der Waals surface area contributed by atoms with Crippen molar-refractivity contribution in [1.82, 2.24) is 10.2 Å². The summed E-state index contributed by atoms with van der Waals surface area (Å²) in [6, 6.07) is 10.2. The fraction of sp³-hybridized carbons (Fsp3) is 0.647. The van der Waals surface area contributed by atoms with Gasteiger partial charge in [-0.1, -0.05) is 19.1 Å². The number of hydrogen-bond acceptors (Lipinski definition) is 3. The first-order valence-electron chi connectivity index (χ1n) is 7.83. The largest absolute Gasteiger partial charge is 0.494 e. The second-order valence-electron chi connectivity index (χ2n) is 6.02. The van der Waals surface area contributed by atoms with Crippen LogP contribution in [0, 0.1) is 0 Å². The zero-order valence-corrected chi connectivity index (χ0v) is 13.2. The molecule has 1 aromatic carbocycles. The van der Waals surface area contributed by atoms with Crippen molar-refractivity contribution in [3.8, 4) is 5.75 Å². The molecule has 112 valence electrons. The summed E-state index contributed by atoms with van der Waals surface area (Å²) >= 11 is 0. The molecule has 0 aliphatic carbocycles. The Bertz CT molecular complexity index is 394. The SMILES string of the molecule is CCCOc1ccc(C(C)N2CC(C)NC(C)C2)cc1. The van der Waals surface area contributed by atoms with Crippen LogP contribution >= 0.6 is 0 Å². The molecule has 0 amide bonds. The van der Waals surface area contributed by atoms with E-state index in [0.29, 0.717) is 18.1 Å². The molecule has 1 N–H and O–H groups in total. The minimum absolute atomic E-state index is 0.460. The molecular formula is C17H28N2O. The van der Waals surface area contributed by atoms with Crippen molar-refractivity contribution in [3.63, 3.8) is 0 Å². The maximum absolute atomic E-state index is 5.65. The summed E-state index contributed by atoms with van der Waals surface area (Å²) in [6.45, 7) is 12.0. The van der Waals surface area contributed by atoms with Gasteiger partial charge in [-0.2, -0.15) is 0 Å². The fourth-order valence-electron chi connectivity index (χ4n) is 2.96. The van der Waals surface area contributed by atoms with E-state index in [4.69, 9.17) is 4.74 Å². The number of ether oxygens (including phenoxy) is 1. The van der Waals surface area contributed by atoms with Crippen LogP contribution in [0.5, 0.6) is 5.75 Å². The van der Waals surface area contributed by atoms with Gasteiger partial charge in [-0.25, -0.2) is 0 Å². The lowest BCUT2D eigenvalue weighted by atomic mass is 10.0. The summed E-state index contributed by atoms with van der Waals surface area (Å²) in [4.78, 5) is 2.56. The topological polar surface area (TPSA) is 24.5 Å². The molecule has 1 heterocycles. The van der Waals surface area contributed by atoms with Gasteiger partial charge in [0.15, 0.2) is 0 Å². The molecule has 1 fully saturated rings. The van der Waals surface area contributed by atoms with E-state index in [-0.39, 0.29) is 0 Å². The van der Waals surface area contributed by atoms with Crippen molar-refractivity contribution in [2.24, 2.45) is 0 Å². The van der Waals surface area contributed by atoms with Gasteiger partial charge in [-0.15, -0.1) is 0 Å². The minimum atomic E-state index is 0.460. The molecule has 0 bridgehead atoms. The van der Waals surface area contributed by atoms with Gasteiger partial charge in [0.1, 0.15) is 5.75 Å². The first kappa shape index (κ1) is 15.3. The van der Waals surface area contributed by atoms with E-state index in [1.165, 1.54) is 5.56 Å². The van der Waals surface area contributed by atoms with Crippen molar-refractivity contribution < 1.29 is 4.74 Å². The summed E-state index contributed by atoms with van der Waals surface area (Å²) in [5, 5.41) is 3.59. The van der Waals surface area contributed by atoms with E-state index in [1.807, 2.05) is 0 Å². The predicted molar refractivity (Wildman–Crippen MR) is 84.3 cm³/mol. The van der Waals surface area contributed by atoms with Crippen LogP contribution in [0.15, 0.2) is 24.3 Å². The molecule has 1 aliphatic heterocycles. The molecule has 20 heavy (non-hydrogen) atoms. The molecule has 0 saturated carbocycles. The first-order chi connectivity index (χ1) is 9.60. The Balaban J connectivity index is 1.99. The molecule has 1 aromatic rings. The number of rotatable bonds is 5. The van der Waals surface area contributed by atoms with Crippen molar-refractivity contribution in [2.75, 3.05) is 19.7 Å². The van der Waals surface area contributed by atoms with Crippen LogP contribution in [0.3, 0.4) is 0 Å². The lowest BCUT2D eigenvalue weighted by Crippen LogP contribution is -2.54. The quantitative estimate of drug-likeness (QED) is 0.893. The number of hydrogen-bond donors (Lipinski definition) is 1. The smallest absolute Gasteiger partial charge is 0.119 e. The molecule has 1 aliphatic rings. The van der Waals surface area contributed by atoms with Crippen LogP contribution in [0.25, 0.3) is 0 Å². The molecule has 2 rings (SSSR count). The Morgan fingerprint density at radius 1 is 1.20 bits per heavy atom. The van der Waals surface area contributed by atoms with E-state index >= 15 is 0 Å². The van der Waals surface area contributed by atoms with Crippen LogP contribution < -0.4 is 10.1 Å². The van der Waals surface area contributed by atoms with Gasteiger partial charge in [0.25, 0.3) is 0 Å². The summed E-state index contributed by atoms with van der Waals surface area (Å²) in [6.07, 6.45) is 1.05. The number of piperazine rings is 1. The summed E-state index contributed by atoms with van der Waals surface area (Å²) in [5.41, 5.74) is 1.37. The molecule has 3 unspecified atom stereocenters. The molecule has 3 nitrogen and oxygen atoms in total. The third-order valence-corrected chi connectivity index (χ3v) is 3.97. The monoisotopic (exact) mass is 276 g/mol. The Morgan fingerprint density at radius 3 is 2.35 bits per heavy atom. The number of nitrogens with one attached hydrogen (secondary N) is 1. The van der Waals surface area contributed by atoms with E-state index in [9.17, 15) is 0 Å². The molecule has 0 radical (unpaired) electrons. The van der Waals surface area contributed by atoms with Crippen LogP contribution in [0.4, 0.5) is 0 Å². The van der Waals surface area contributed by atoms with Gasteiger partial charge in [-0.3, -0.25) is 4.90 Å².